The fourth-order valence-corrected chi connectivity index (χ4v) is 4.12. The van der Waals surface area contributed by atoms with Crippen LogP contribution in [0, 0.1) is 5.92 Å². The zero-order valence-electron chi connectivity index (χ0n) is 18.1. The smallest absolute Gasteiger partial charge is 0.163 e. The van der Waals surface area contributed by atoms with Crippen LogP contribution < -0.4 is 0 Å². The van der Waals surface area contributed by atoms with Gasteiger partial charge in [-0.25, -0.2) is 0 Å². The third kappa shape index (κ3) is 10.3. The summed E-state index contributed by atoms with van der Waals surface area (Å²) in [5.41, 5.74) is 0. The first-order chi connectivity index (χ1) is 12.5. The van der Waals surface area contributed by atoms with Crippen molar-refractivity contribution < 1.29 is 14.6 Å². The van der Waals surface area contributed by atoms with E-state index in [4.69, 9.17) is 9.47 Å². The monoisotopic (exact) mass is 370 g/mol. The molecule has 3 nitrogen and oxygen atoms in total. The number of hydrogen-bond donors (Lipinski definition) is 1. The number of aliphatic hydroxyl groups excluding tert-OH is 1. The van der Waals surface area contributed by atoms with Crippen LogP contribution in [0.15, 0.2) is 0 Å². The molecule has 1 rings (SSSR count). The minimum absolute atomic E-state index is 0.129. The van der Waals surface area contributed by atoms with Crippen molar-refractivity contribution in [3.8, 4) is 0 Å². The molecule has 0 amide bonds. The van der Waals surface area contributed by atoms with Gasteiger partial charge < -0.3 is 14.6 Å². The van der Waals surface area contributed by atoms with Crippen molar-refractivity contribution in [2.75, 3.05) is 6.61 Å². The maximum Gasteiger partial charge on any atom is 0.163 e. The molecule has 0 radical (unpaired) electrons. The second-order valence-corrected chi connectivity index (χ2v) is 8.81. The van der Waals surface area contributed by atoms with Gasteiger partial charge in [-0.3, -0.25) is 0 Å². The molecule has 1 aliphatic heterocycles. The second kappa shape index (κ2) is 14.0. The molecular weight excluding hydrogens is 324 g/mol. The molecule has 3 atom stereocenters. The van der Waals surface area contributed by atoms with Gasteiger partial charge >= 0.3 is 0 Å². The van der Waals surface area contributed by atoms with E-state index >= 15 is 0 Å². The number of rotatable bonds is 16. The van der Waals surface area contributed by atoms with E-state index in [1.54, 1.807) is 0 Å². The molecule has 1 N–H and O–H groups in total. The summed E-state index contributed by atoms with van der Waals surface area (Å²) in [6.07, 6.45) is 18.8. The highest BCUT2D eigenvalue weighted by atomic mass is 16.7. The minimum atomic E-state index is -0.476. The maximum absolute atomic E-state index is 9.21. The predicted molar refractivity (Wildman–Crippen MR) is 110 cm³/mol. The van der Waals surface area contributed by atoms with Gasteiger partial charge in [-0.15, -0.1) is 0 Å². The second-order valence-electron chi connectivity index (χ2n) is 8.81. The quantitative estimate of drug-likeness (QED) is 0.310. The van der Waals surface area contributed by atoms with E-state index in [-0.39, 0.29) is 18.8 Å². The Morgan fingerprint density at radius 1 is 0.808 bits per heavy atom. The molecule has 0 aromatic rings. The molecule has 1 fully saturated rings. The van der Waals surface area contributed by atoms with Crippen molar-refractivity contribution in [2.45, 2.75) is 136 Å². The zero-order valence-corrected chi connectivity index (χ0v) is 18.1. The van der Waals surface area contributed by atoms with E-state index in [1.165, 1.54) is 77.0 Å². The Labute approximate surface area is 163 Å². The lowest BCUT2D eigenvalue weighted by atomic mass is 9.93. The van der Waals surface area contributed by atoms with Crippen LogP contribution in [0.2, 0.25) is 0 Å². The van der Waals surface area contributed by atoms with Gasteiger partial charge in [0.05, 0.1) is 12.2 Å². The zero-order chi connectivity index (χ0) is 19.3. The minimum Gasteiger partial charge on any atom is -0.396 e. The van der Waals surface area contributed by atoms with Crippen LogP contribution in [0.4, 0.5) is 0 Å². The van der Waals surface area contributed by atoms with Gasteiger partial charge in [0.25, 0.3) is 0 Å². The van der Waals surface area contributed by atoms with Gasteiger partial charge in [0.1, 0.15) is 0 Å². The van der Waals surface area contributed by atoms with Gasteiger partial charge in [0, 0.05) is 6.61 Å². The summed E-state index contributed by atoms with van der Waals surface area (Å²) >= 11 is 0. The summed E-state index contributed by atoms with van der Waals surface area (Å²) in [6.45, 7) is 8.69. The van der Waals surface area contributed by atoms with Crippen LogP contribution in [0.5, 0.6) is 0 Å². The Morgan fingerprint density at radius 2 is 1.31 bits per heavy atom. The van der Waals surface area contributed by atoms with Crippen molar-refractivity contribution in [1.82, 2.24) is 0 Å². The first-order valence-corrected chi connectivity index (χ1v) is 11.5. The summed E-state index contributed by atoms with van der Waals surface area (Å²) in [4.78, 5) is 0. The molecule has 0 spiro atoms. The van der Waals surface area contributed by atoms with E-state index in [1.807, 2.05) is 13.8 Å². The van der Waals surface area contributed by atoms with Gasteiger partial charge in [0.2, 0.25) is 0 Å². The summed E-state index contributed by atoms with van der Waals surface area (Å²) in [7, 11) is 0. The van der Waals surface area contributed by atoms with Crippen molar-refractivity contribution in [3.05, 3.63) is 0 Å². The number of ether oxygens (including phenoxy) is 2. The fraction of sp³-hybridized carbons (Fsp3) is 1.00. The van der Waals surface area contributed by atoms with Crippen molar-refractivity contribution in [1.29, 1.82) is 0 Å². The van der Waals surface area contributed by atoms with Crippen molar-refractivity contribution in [2.24, 2.45) is 5.92 Å². The van der Waals surface area contributed by atoms with Crippen LogP contribution in [-0.4, -0.2) is 29.7 Å². The topological polar surface area (TPSA) is 38.7 Å². The molecule has 1 saturated heterocycles. The van der Waals surface area contributed by atoms with Gasteiger partial charge in [-0.05, 0) is 32.6 Å². The lowest BCUT2D eigenvalue weighted by Crippen LogP contribution is -2.30. The highest BCUT2D eigenvalue weighted by Gasteiger charge is 2.42. The van der Waals surface area contributed by atoms with Crippen molar-refractivity contribution >= 4 is 0 Å². The van der Waals surface area contributed by atoms with E-state index in [0.29, 0.717) is 5.92 Å². The Bertz CT molecular complexity index is 329. The molecule has 1 aliphatic rings. The average molecular weight is 371 g/mol. The third-order valence-corrected chi connectivity index (χ3v) is 5.71. The summed E-state index contributed by atoms with van der Waals surface area (Å²) in [5.74, 6) is -0.125. The van der Waals surface area contributed by atoms with Crippen LogP contribution >= 0.6 is 0 Å². The fourth-order valence-electron chi connectivity index (χ4n) is 4.12. The number of unbranched alkanes of at least 4 members (excludes halogenated alkanes) is 11. The molecule has 26 heavy (non-hydrogen) atoms. The van der Waals surface area contributed by atoms with Crippen LogP contribution in [-0.2, 0) is 9.47 Å². The maximum atomic E-state index is 9.21. The van der Waals surface area contributed by atoms with E-state index in [2.05, 4.69) is 13.8 Å². The SMILES string of the molecule is CCCCCCCCCCCCCCC1OC(C)(C)O[C@H]1[C@@H](C)CCO. The molecule has 3 heteroatoms. The Kier molecular flexibility index (Phi) is 12.8. The molecule has 156 valence electrons. The van der Waals surface area contributed by atoms with Crippen LogP contribution in [0.3, 0.4) is 0 Å². The third-order valence-electron chi connectivity index (χ3n) is 5.71. The normalized spacial score (nSPS) is 23.4. The highest BCUT2D eigenvalue weighted by molar-refractivity contribution is 4.84. The van der Waals surface area contributed by atoms with Crippen LogP contribution in [0.1, 0.15) is 118 Å². The molecule has 1 unspecified atom stereocenters. The Balaban J connectivity index is 2.04. The number of hydrogen-bond acceptors (Lipinski definition) is 3. The van der Waals surface area contributed by atoms with Crippen molar-refractivity contribution in [3.63, 3.8) is 0 Å². The van der Waals surface area contributed by atoms with Crippen LogP contribution in [0.25, 0.3) is 0 Å². The van der Waals surface area contributed by atoms with Gasteiger partial charge in [-0.1, -0.05) is 90.9 Å². The Hall–Kier alpha value is -0.120. The Morgan fingerprint density at radius 3 is 1.81 bits per heavy atom. The molecule has 0 saturated carbocycles. The molecule has 0 aromatic heterocycles. The predicted octanol–water partition coefficient (Wildman–Crippen LogP) is 6.62. The number of aliphatic hydroxyl groups is 1. The average Bonchev–Trinajstić information content (AvgIpc) is 2.91. The lowest BCUT2D eigenvalue weighted by molar-refractivity contribution is -0.150. The molecule has 0 bridgehead atoms. The first-order valence-electron chi connectivity index (χ1n) is 11.5. The molecule has 0 aromatic carbocycles. The van der Waals surface area contributed by atoms with E-state index in [9.17, 15) is 5.11 Å². The summed E-state index contributed by atoms with van der Waals surface area (Å²) in [5, 5.41) is 9.21. The largest absolute Gasteiger partial charge is 0.396 e. The standard InChI is InChI=1S/C23H46O3/c1-5-6-7-8-9-10-11-12-13-14-15-16-17-21-22(20(2)18-19-24)26-23(3,4)25-21/h20-22,24H,5-19H2,1-4H3/t20-,21?,22-/m0/s1. The van der Waals surface area contributed by atoms with Gasteiger partial charge in [0.15, 0.2) is 5.79 Å². The molecule has 0 aliphatic carbocycles. The lowest BCUT2D eigenvalue weighted by Gasteiger charge is -2.23. The van der Waals surface area contributed by atoms with E-state index < -0.39 is 5.79 Å². The highest BCUT2D eigenvalue weighted by Crippen LogP contribution is 2.35. The molecule has 1 heterocycles. The van der Waals surface area contributed by atoms with E-state index in [0.717, 1.165) is 12.8 Å². The summed E-state index contributed by atoms with van der Waals surface area (Å²) in [6, 6.07) is 0. The summed E-state index contributed by atoms with van der Waals surface area (Å²) < 4.78 is 12.2. The van der Waals surface area contributed by atoms with Gasteiger partial charge in [-0.2, -0.15) is 0 Å². The first kappa shape index (κ1) is 23.9. The molecular formula is C23H46O3.